The largest absolute Gasteiger partial charge is 0.366 e. The fraction of sp³-hybridized carbons (Fsp3) is 0.545. The smallest absolute Gasteiger partial charge is 0.270 e. The summed E-state index contributed by atoms with van der Waals surface area (Å²) < 4.78 is 34.3. The lowest BCUT2D eigenvalue weighted by Crippen LogP contribution is -2.47. The Labute approximate surface area is 183 Å². The molecule has 1 saturated carbocycles. The number of rotatable bonds is 4. The van der Waals surface area contributed by atoms with E-state index in [1.54, 1.807) is 30.1 Å². The third kappa shape index (κ3) is 3.28. The van der Waals surface area contributed by atoms with Crippen molar-refractivity contribution in [2.45, 2.75) is 69.7 Å². The predicted octanol–water partition coefficient (Wildman–Crippen LogP) is 2.72. The van der Waals surface area contributed by atoms with E-state index in [0.717, 1.165) is 17.5 Å². The Balaban J connectivity index is 1.32. The maximum atomic E-state index is 13.4. The second kappa shape index (κ2) is 7.06. The standard InChI is InChI=1S/C22H25F2N5O3/c1-4-21(2)13-7-17(25-10-12(13)11-32-21)19(30)26-15-5-6-29-18(28(3)20(15)31)8-16(27-29)14-9-22(14,23)24/h7-8,10,14-15H,4-6,9,11H2,1-3H3,(H,26,30)/t14-,15?,21+/m1/s1. The summed E-state index contributed by atoms with van der Waals surface area (Å²) in [5.74, 6) is -3.92. The number of hydrogen-bond donors (Lipinski definition) is 1. The molecular weight excluding hydrogens is 420 g/mol. The molecule has 1 fully saturated rings. The number of aryl methyl sites for hydroxylation is 1. The van der Waals surface area contributed by atoms with Crippen molar-refractivity contribution in [3.05, 3.63) is 40.8 Å². The minimum absolute atomic E-state index is 0.213. The number of hydrogen-bond acceptors (Lipinski definition) is 5. The lowest BCUT2D eigenvalue weighted by molar-refractivity contribution is -0.120. The Hall–Kier alpha value is -2.88. The van der Waals surface area contributed by atoms with Crippen LogP contribution in [0.2, 0.25) is 0 Å². The predicted molar refractivity (Wildman–Crippen MR) is 110 cm³/mol. The molecule has 0 bridgehead atoms. The summed E-state index contributed by atoms with van der Waals surface area (Å²) in [4.78, 5) is 31.6. The SMILES string of the molecule is CC[C@]1(C)OCc2cnc(C(=O)NC3CCn4nc([C@H]5CC5(F)F)cc4N(C)C3=O)cc21. The molecule has 170 valence electrons. The minimum atomic E-state index is -2.72. The molecule has 0 spiro atoms. The van der Waals surface area contributed by atoms with Gasteiger partial charge in [0.05, 0.1) is 23.8 Å². The van der Waals surface area contributed by atoms with Crippen LogP contribution in [-0.2, 0) is 28.3 Å². The highest BCUT2D eigenvalue weighted by Gasteiger charge is 2.59. The van der Waals surface area contributed by atoms with Gasteiger partial charge in [-0.2, -0.15) is 5.10 Å². The van der Waals surface area contributed by atoms with Gasteiger partial charge < -0.3 is 10.1 Å². The molecule has 3 atom stereocenters. The van der Waals surface area contributed by atoms with Gasteiger partial charge in [0.2, 0.25) is 0 Å². The Bertz CT molecular complexity index is 1120. The summed E-state index contributed by atoms with van der Waals surface area (Å²) in [6, 6.07) is 2.50. The summed E-state index contributed by atoms with van der Waals surface area (Å²) in [6.45, 7) is 4.79. The van der Waals surface area contributed by atoms with Gasteiger partial charge in [0.15, 0.2) is 0 Å². The molecule has 2 aromatic heterocycles. The quantitative estimate of drug-likeness (QED) is 0.782. The molecule has 5 rings (SSSR count). The molecule has 0 aromatic carbocycles. The van der Waals surface area contributed by atoms with E-state index < -0.39 is 29.4 Å². The molecule has 4 heterocycles. The van der Waals surface area contributed by atoms with Gasteiger partial charge in [-0.15, -0.1) is 0 Å². The van der Waals surface area contributed by atoms with E-state index in [0.29, 0.717) is 31.1 Å². The Morgan fingerprint density at radius 3 is 2.81 bits per heavy atom. The molecule has 32 heavy (non-hydrogen) atoms. The molecule has 0 radical (unpaired) electrons. The van der Waals surface area contributed by atoms with Crippen LogP contribution in [0.3, 0.4) is 0 Å². The summed E-state index contributed by atoms with van der Waals surface area (Å²) in [6.07, 6.45) is 2.49. The highest BCUT2D eigenvalue weighted by molar-refractivity contribution is 6.01. The molecule has 1 N–H and O–H groups in total. The van der Waals surface area contributed by atoms with Crippen LogP contribution in [-0.4, -0.2) is 45.6 Å². The van der Waals surface area contributed by atoms with Crippen molar-refractivity contribution < 1.29 is 23.1 Å². The third-order valence-corrected chi connectivity index (χ3v) is 6.88. The van der Waals surface area contributed by atoms with Crippen LogP contribution < -0.4 is 10.2 Å². The van der Waals surface area contributed by atoms with Gasteiger partial charge in [0.25, 0.3) is 17.7 Å². The van der Waals surface area contributed by atoms with Crippen LogP contribution in [0, 0.1) is 0 Å². The van der Waals surface area contributed by atoms with Crippen LogP contribution in [0.1, 0.15) is 66.3 Å². The van der Waals surface area contributed by atoms with E-state index in [9.17, 15) is 18.4 Å². The zero-order valence-electron chi connectivity index (χ0n) is 18.2. The zero-order chi connectivity index (χ0) is 22.8. The maximum absolute atomic E-state index is 13.4. The number of anilines is 1. The fourth-order valence-electron chi connectivity index (χ4n) is 4.48. The number of carbonyl (C=O) groups is 2. The number of ether oxygens (including phenoxy) is 1. The zero-order valence-corrected chi connectivity index (χ0v) is 18.2. The van der Waals surface area contributed by atoms with Crippen LogP contribution in [0.15, 0.2) is 18.3 Å². The fourth-order valence-corrected chi connectivity index (χ4v) is 4.48. The first-order valence-electron chi connectivity index (χ1n) is 10.8. The average Bonchev–Trinajstić information content (AvgIpc) is 3.12. The first-order valence-corrected chi connectivity index (χ1v) is 10.8. The molecule has 10 heteroatoms. The Kier molecular flexibility index (Phi) is 4.63. The lowest BCUT2D eigenvalue weighted by atomic mass is 9.92. The summed E-state index contributed by atoms with van der Waals surface area (Å²) in [5, 5.41) is 7.08. The Morgan fingerprint density at radius 1 is 1.38 bits per heavy atom. The molecule has 8 nitrogen and oxygen atoms in total. The highest BCUT2D eigenvalue weighted by atomic mass is 19.3. The maximum Gasteiger partial charge on any atom is 0.270 e. The van der Waals surface area contributed by atoms with Crippen molar-refractivity contribution in [3.8, 4) is 0 Å². The van der Waals surface area contributed by atoms with Crippen LogP contribution in [0.5, 0.6) is 0 Å². The molecule has 2 amide bonds. The molecule has 2 aliphatic heterocycles. The van der Waals surface area contributed by atoms with E-state index in [1.807, 2.05) is 13.8 Å². The third-order valence-electron chi connectivity index (χ3n) is 6.88. The van der Waals surface area contributed by atoms with Crippen molar-refractivity contribution in [2.75, 3.05) is 11.9 Å². The van der Waals surface area contributed by atoms with Crippen molar-refractivity contribution in [2.24, 2.45) is 0 Å². The topological polar surface area (TPSA) is 89.3 Å². The first-order chi connectivity index (χ1) is 15.1. The second-order valence-electron chi connectivity index (χ2n) is 8.98. The number of fused-ring (bicyclic) bond motifs is 2. The van der Waals surface area contributed by atoms with E-state index in [-0.39, 0.29) is 18.0 Å². The number of alkyl halides is 2. The van der Waals surface area contributed by atoms with Crippen molar-refractivity contribution in [3.63, 3.8) is 0 Å². The number of likely N-dealkylation sites (N-methyl/N-ethyl adjacent to an activating group) is 1. The summed E-state index contributed by atoms with van der Waals surface area (Å²) >= 11 is 0. The van der Waals surface area contributed by atoms with Gasteiger partial charge in [0, 0.05) is 37.8 Å². The molecule has 3 aliphatic rings. The average molecular weight is 445 g/mol. The molecule has 1 unspecified atom stereocenters. The van der Waals surface area contributed by atoms with Gasteiger partial charge in [0.1, 0.15) is 17.6 Å². The summed E-state index contributed by atoms with van der Waals surface area (Å²) in [5.41, 5.74) is 1.96. The van der Waals surface area contributed by atoms with E-state index in [1.165, 1.54) is 4.90 Å². The van der Waals surface area contributed by atoms with E-state index in [4.69, 9.17) is 4.74 Å². The molecular formula is C22H25F2N5O3. The van der Waals surface area contributed by atoms with Crippen molar-refractivity contribution in [1.29, 1.82) is 0 Å². The van der Waals surface area contributed by atoms with Gasteiger partial charge >= 0.3 is 0 Å². The van der Waals surface area contributed by atoms with Gasteiger partial charge in [-0.05, 0) is 31.4 Å². The number of amides is 2. The van der Waals surface area contributed by atoms with E-state index in [2.05, 4.69) is 15.4 Å². The van der Waals surface area contributed by atoms with Crippen LogP contribution in [0.25, 0.3) is 0 Å². The monoisotopic (exact) mass is 445 g/mol. The lowest BCUT2D eigenvalue weighted by Gasteiger charge is -2.23. The van der Waals surface area contributed by atoms with Crippen LogP contribution >= 0.6 is 0 Å². The molecule has 1 aliphatic carbocycles. The summed E-state index contributed by atoms with van der Waals surface area (Å²) in [7, 11) is 1.56. The number of pyridine rings is 1. The normalized spacial score (nSPS) is 28.2. The molecule has 0 saturated heterocycles. The number of aromatic nitrogens is 3. The van der Waals surface area contributed by atoms with Gasteiger partial charge in [-0.25, -0.2) is 13.5 Å². The second-order valence-corrected chi connectivity index (χ2v) is 8.98. The van der Waals surface area contributed by atoms with Gasteiger partial charge in [-0.3, -0.25) is 19.5 Å². The number of carbonyl (C=O) groups excluding carboxylic acids is 2. The number of halogens is 2. The van der Waals surface area contributed by atoms with E-state index >= 15 is 0 Å². The molecule has 2 aromatic rings. The van der Waals surface area contributed by atoms with Crippen LogP contribution in [0.4, 0.5) is 14.6 Å². The van der Waals surface area contributed by atoms with Crippen molar-refractivity contribution >= 4 is 17.6 Å². The number of nitrogens with zero attached hydrogens (tertiary/aromatic N) is 4. The highest BCUT2D eigenvalue weighted by Crippen LogP contribution is 2.55. The van der Waals surface area contributed by atoms with Gasteiger partial charge in [-0.1, -0.05) is 6.92 Å². The minimum Gasteiger partial charge on any atom is -0.366 e. The number of nitrogens with one attached hydrogen (secondary N) is 1. The Morgan fingerprint density at radius 2 is 2.12 bits per heavy atom. The van der Waals surface area contributed by atoms with Crippen molar-refractivity contribution in [1.82, 2.24) is 20.1 Å². The first kappa shape index (κ1) is 21.0.